The lowest BCUT2D eigenvalue weighted by atomic mass is 10.2. The summed E-state index contributed by atoms with van der Waals surface area (Å²) in [5, 5.41) is 1.13. The Labute approximate surface area is 226 Å². The maximum atomic E-state index is 6.32. The molecule has 39 heavy (non-hydrogen) atoms. The second-order valence-electron chi connectivity index (χ2n) is 9.92. The van der Waals surface area contributed by atoms with Crippen LogP contribution in [0.1, 0.15) is 5.69 Å². The third-order valence-corrected chi connectivity index (χ3v) is 7.23. The van der Waals surface area contributed by atoms with Crippen LogP contribution in [-0.2, 0) is 7.05 Å². The van der Waals surface area contributed by atoms with Crippen LogP contribution in [0.4, 0.5) is 5.69 Å². The highest BCUT2D eigenvalue weighted by Crippen LogP contribution is 2.35. The molecule has 192 valence electrons. The second kappa shape index (κ2) is 9.06. The molecule has 3 aromatic carbocycles. The zero-order chi connectivity index (χ0) is 26.5. The van der Waals surface area contributed by atoms with Crippen LogP contribution in [0.5, 0.6) is 11.5 Å². The molecular weight excluding hydrogens is 484 g/mol. The van der Waals surface area contributed by atoms with Crippen LogP contribution in [0.25, 0.3) is 39.1 Å². The Balaban J connectivity index is 1.26. The number of ether oxygens (including phenoxy) is 1. The monoisotopic (exact) mass is 512 g/mol. The SMILES string of the molecule is Cc1nc(-c2cccc(Oc3cccc(N4C=CN(C)C4)c3)c2)n(C)c1-n1c2ccccc2c2ncccc21. The third kappa shape index (κ3) is 3.90. The van der Waals surface area contributed by atoms with Gasteiger partial charge in [0.25, 0.3) is 0 Å². The van der Waals surface area contributed by atoms with E-state index < -0.39 is 0 Å². The van der Waals surface area contributed by atoms with Crippen LogP contribution in [0.15, 0.2) is 104 Å². The van der Waals surface area contributed by atoms with E-state index >= 15 is 0 Å². The first kappa shape index (κ1) is 23.1. The molecule has 0 aliphatic carbocycles. The highest BCUT2D eigenvalue weighted by molar-refractivity contribution is 6.06. The van der Waals surface area contributed by atoms with Crippen molar-refractivity contribution in [1.29, 1.82) is 0 Å². The molecule has 0 saturated heterocycles. The van der Waals surface area contributed by atoms with E-state index in [1.807, 2.05) is 36.5 Å². The summed E-state index contributed by atoms with van der Waals surface area (Å²) in [6.45, 7) is 2.88. The van der Waals surface area contributed by atoms with Gasteiger partial charge in [-0.25, -0.2) is 4.98 Å². The molecule has 7 nitrogen and oxygen atoms in total. The fraction of sp³-hybridized carbons (Fsp3) is 0.125. The minimum absolute atomic E-state index is 0.766. The van der Waals surface area contributed by atoms with Crippen molar-refractivity contribution in [2.75, 3.05) is 18.6 Å². The zero-order valence-corrected chi connectivity index (χ0v) is 22.1. The third-order valence-electron chi connectivity index (χ3n) is 7.23. The predicted octanol–water partition coefficient (Wildman–Crippen LogP) is 6.86. The topological polar surface area (TPSA) is 51.4 Å². The Kier molecular flexibility index (Phi) is 5.37. The van der Waals surface area contributed by atoms with E-state index in [0.29, 0.717) is 0 Å². The van der Waals surface area contributed by atoms with Gasteiger partial charge < -0.3 is 19.1 Å². The highest BCUT2D eigenvalue weighted by Gasteiger charge is 2.20. The van der Waals surface area contributed by atoms with Crippen molar-refractivity contribution in [2.24, 2.45) is 7.05 Å². The lowest BCUT2D eigenvalue weighted by molar-refractivity contribution is 0.481. The van der Waals surface area contributed by atoms with Crippen LogP contribution in [0, 0.1) is 6.92 Å². The van der Waals surface area contributed by atoms with Gasteiger partial charge in [-0.05, 0) is 49.4 Å². The van der Waals surface area contributed by atoms with Gasteiger partial charge in [0.15, 0.2) is 0 Å². The number of rotatable bonds is 5. The number of pyridine rings is 1. The molecule has 0 unspecified atom stereocenters. The molecule has 6 aromatic rings. The predicted molar refractivity (Wildman–Crippen MR) is 156 cm³/mol. The molecular formula is C32H28N6O. The van der Waals surface area contributed by atoms with E-state index in [1.54, 1.807) is 0 Å². The van der Waals surface area contributed by atoms with Gasteiger partial charge in [-0.3, -0.25) is 9.55 Å². The lowest BCUT2D eigenvalue weighted by Crippen LogP contribution is -2.21. The van der Waals surface area contributed by atoms with Crippen molar-refractivity contribution in [3.05, 3.63) is 109 Å². The van der Waals surface area contributed by atoms with Gasteiger partial charge >= 0.3 is 0 Å². The average Bonchev–Trinajstić information content (AvgIpc) is 3.62. The van der Waals surface area contributed by atoms with Gasteiger partial charge in [0.1, 0.15) is 23.1 Å². The second-order valence-corrected chi connectivity index (χ2v) is 9.92. The van der Waals surface area contributed by atoms with Crippen LogP contribution in [0.3, 0.4) is 0 Å². The van der Waals surface area contributed by atoms with Crippen LogP contribution in [-0.4, -0.2) is 37.7 Å². The van der Waals surface area contributed by atoms with E-state index in [-0.39, 0.29) is 0 Å². The number of hydrogen-bond acceptors (Lipinski definition) is 5. The zero-order valence-electron chi connectivity index (χ0n) is 22.1. The number of para-hydroxylation sites is 1. The maximum Gasteiger partial charge on any atom is 0.141 e. The molecule has 0 saturated carbocycles. The molecule has 7 rings (SSSR count). The first-order chi connectivity index (χ1) is 19.1. The molecule has 1 aliphatic rings. The fourth-order valence-electron chi connectivity index (χ4n) is 5.47. The molecule has 0 radical (unpaired) electrons. The largest absolute Gasteiger partial charge is 0.457 e. The van der Waals surface area contributed by atoms with Crippen LogP contribution in [0.2, 0.25) is 0 Å². The summed E-state index contributed by atoms with van der Waals surface area (Å²) < 4.78 is 10.7. The summed E-state index contributed by atoms with van der Waals surface area (Å²) in [4.78, 5) is 14.0. The van der Waals surface area contributed by atoms with Crippen molar-refractivity contribution in [3.63, 3.8) is 0 Å². The summed E-state index contributed by atoms with van der Waals surface area (Å²) in [5.41, 5.74) is 6.19. The van der Waals surface area contributed by atoms with Crippen molar-refractivity contribution >= 4 is 27.6 Å². The number of imidazole rings is 1. The van der Waals surface area contributed by atoms with E-state index in [2.05, 4.69) is 107 Å². The van der Waals surface area contributed by atoms with Gasteiger partial charge in [-0.15, -0.1) is 0 Å². The van der Waals surface area contributed by atoms with E-state index in [9.17, 15) is 0 Å². The number of aromatic nitrogens is 4. The van der Waals surface area contributed by atoms with E-state index in [4.69, 9.17) is 14.7 Å². The number of anilines is 1. The molecule has 7 heteroatoms. The van der Waals surface area contributed by atoms with E-state index in [0.717, 1.165) is 68.7 Å². The molecule has 4 heterocycles. The summed E-state index contributed by atoms with van der Waals surface area (Å²) in [6, 6.07) is 28.8. The molecule has 0 amide bonds. The Morgan fingerprint density at radius 2 is 1.59 bits per heavy atom. The van der Waals surface area contributed by atoms with Crippen molar-refractivity contribution in [3.8, 4) is 28.7 Å². The highest BCUT2D eigenvalue weighted by atomic mass is 16.5. The van der Waals surface area contributed by atoms with Crippen molar-refractivity contribution < 1.29 is 4.74 Å². The minimum Gasteiger partial charge on any atom is -0.457 e. The number of nitrogens with zero attached hydrogens (tertiary/aromatic N) is 6. The Bertz CT molecular complexity index is 1830. The molecule has 3 aromatic heterocycles. The first-order valence-electron chi connectivity index (χ1n) is 13.0. The van der Waals surface area contributed by atoms with Crippen molar-refractivity contribution in [1.82, 2.24) is 24.0 Å². The van der Waals surface area contributed by atoms with Crippen LogP contribution < -0.4 is 9.64 Å². The van der Waals surface area contributed by atoms with Gasteiger partial charge in [0, 0.05) is 55.4 Å². The van der Waals surface area contributed by atoms with Gasteiger partial charge in [-0.1, -0.05) is 36.4 Å². The first-order valence-corrected chi connectivity index (χ1v) is 13.0. The standard InChI is InChI=1S/C32H28N6O/c1-22-32(38-28-14-5-4-13-27(28)30-29(38)15-8-16-33-30)36(3)31(34-22)23-9-6-11-25(19-23)39-26-12-7-10-24(20-26)37-18-17-35(2)21-37/h4-20H,21H2,1-3H3. The summed E-state index contributed by atoms with van der Waals surface area (Å²) >= 11 is 0. The quantitative estimate of drug-likeness (QED) is 0.253. The fourth-order valence-corrected chi connectivity index (χ4v) is 5.47. The summed E-state index contributed by atoms with van der Waals surface area (Å²) in [7, 11) is 4.13. The molecule has 0 atom stereocenters. The maximum absolute atomic E-state index is 6.32. The van der Waals surface area contributed by atoms with Gasteiger partial charge in [0.05, 0.1) is 28.9 Å². The minimum atomic E-state index is 0.766. The van der Waals surface area contributed by atoms with E-state index in [1.165, 1.54) is 0 Å². The summed E-state index contributed by atoms with van der Waals surface area (Å²) in [6.07, 6.45) is 5.99. The molecule has 0 bridgehead atoms. The van der Waals surface area contributed by atoms with Crippen LogP contribution >= 0.6 is 0 Å². The van der Waals surface area contributed by atoms with Gasteiger partial charge in [-0.2, -0.15) is 0 Å². The average molecular weight is 513 g/mol. The smallest absolute Gasteiger partial charge is 0.141 e. The van der Waals surface area contributed by atoms with Crippen molar-refractivity contribution in [2.45, 2.75) is 6.92 Å². The Morgan fingerprint density at radius 1 is 0.795 bits per heavy atom. The normalized spacial score (nSPS) is 13.2. The molecule has 0 spiro atoms. The molecule has 0 N–H and O–H groups in total. The molecule has 1 aliphatic heterocycles. The summed E-state index contributed by atoms with van der Waals surface area (Å²) in [5.74, 6) is 3.46. The number of fused-ring (bicyclic) bond motifs is 3. The lowest BCUT2D eigenvalue weighted by Gasteiger charge is -2.19. The number of hydrogen-bond donors (Lipinski definition) is 0. The Hall–Kier alpha value is -5.04. The molecule has 0 fully saturated rings. The number of benzene rings is 3. The Morgan fingerprint density at radius 3 is 2.44 bits per heavy atom. The number of aryl methyl sites for hydroxylation is 1. The van der Waals surface area contributed by atoms with Gasteiger partial charge in [0.2, 0.25) is 0 Å².